The van der Waals surface area contributed by atoms with Gasteiger partial charge in [-0.15, -0.1) is 0 Å². The number of amides is 1. The minimum Gasteiger partial charge on any atom is -0.479 e. The quantitative estimate of drug-likeness (QED) is 0.882. The molecule has 118 valence electrons. The Morgan fingerprint density at radius 3 is 2.78 bits per heavy atom. The number of nitrogens with zero attached hydrogens (tertiary/aromatic N) is 1. The van der Waals surface area contributed by atoms with E-state index in [-0.39, 0.29) is 18.7 Å². The summed E-state index contributed by atoms with van der Waals surface area (Å²) in [7, 11) is 0. The molecule has 2 aromatic rings. The number of hydrogen-bond donors (Lipinski definition) is 1. The third-order valence-corrected chi connectivity index (χ3v) is 2.83. The number of carbonyl (C=O) groups is 1. The van der Waals surface area contributed by atoms with Crippen molar-refractivity contribution in [1.82, 2.24) is 10.3 Å². The molecule has 1 aromatic carbocycles. The molecule has 0 aliphatic heterocycles. The van der Waals surface area contributed by atoms with Crippen molar-refractivity contribution >= 4 is 5.91 Å². The van der Waals surface area contributed by atoms with Gasteiger partial charge in [0.15, 0.2) is 0 Å². The zero-order chi connectivity index (χ0) is 16.7. The summed E-state index contributed by atoms with van der Waals surface area (Å²) in [6, 6.07) is 6.36. The van der Waals surface area contributed by atoms with Gasteiger partial charge in [0, 0.05) is 11.8 Å². The van der Waals surface area contributed by atoms with Gasteiger partial charge in [-0.3, -0.25) is 9.78 Å². The van der Waals surface area contributed by atoms with Crippen LogP contribution in [0.4, 0.5) is 8.78 Å². The van der Waals surface area contributed by atoms with Crippen molar-refractivity contribution in [2.75, 3.05) is 13.2 Å². The average Bonchev–Trinajstić information content (AvgIpc) is 2.52. The highest BCUT2D eigenvalue weighted by molar-refractivity contribution is 5.94. The summed E-state index contributed by atoms with van der Waals surface area (Å²) in [6.07, 6.45) is 1.59. The van der Waals surface area contributed by atoms with Crippen LogP contribution in [0.2, 0.25) is 0 Å². The molecular formula is C17H14F2N2O2. The van der Waals surface area contributed by atoms with Gasteiger partial charge in [0.25, 0.3) is 5.91 Å². The number of halogens is 2. The molecule has 0 saturated heterocycles. The van der Waals surface area contributed by atoms with E-state index in [1.807, 2.05) is 13.0 Å². The van der Waals surface area contributed by atoms with Crippen LogP contribution in [-0.2, 0) is 0 Å². The van der Waals surface area contributed by atoms with Gasteiger partial charge in [0.05, 0.1) is 18.3 Å². The lowest BCUT2D eigenvalue weighted by atomic mass is 10.2. The highest BCUT2D eigenvalue weighted by Crippen LogP contribution is 2.09. The molecule has 1 heterocycles. The van der Waals surface area contributed by atoms with E-state index in [9.17, 15) is 13.6 Å². The van der Waals surface area contributed by atoms with Gasteiger partial charge in [0.2, 0.25) is 0 Å². The van der Waals surface area contributed by atoms with E-state index in [2.05, 4.69) is 22.1 Å². The summed E-state index contributed by atoms with van der Waals surface area (Å²) < 4.78 is 31.5. The summed E-state index contributed by atoms with van der Waals surface area (Å²) >= 11 is 0. The van der Waals surface area contributed by atoms with Gasteiger partial charge < -0.3 is 10.1 Å². The van der Waals surface area contributed by atoms with Gasteiger partial charge >= 0.3 is 0 Å². The van der Waals surface area contributed by atoms with Crippen LogP contribution in [0.1, 0.15) is 16.1 Å². The first-order valence-corrected chi connectivity index (χ1v) is 6.80. The molecule has 0 aliphatic rings. The highest BCUT2D eigenvalue weighted by Gasteiger charge is 2.11. The van der Waals surface area contributed by atoms with E-state index in [0.717, 1.165) is 17.8 Å². The first-order valence-electron chi connectivity index (χ1n) is 6.80. The van der Waals surface area contributed by atoms with Crippen LogP contribution in [0.15, 0.2) is 36.5 Å². The number of carbonyl (C=O) groups excluding carboxylic acids is 1. The number of pyridine rings is 1. The number of aryl methyl sites for hydroxylation is 1. The normalized spacial score (nSPS) is 9.70. The van der Waals surface area contributed by atoms with E-state index in [4.69, 9.17) is 4.74 Å². The first-order chi connectivity index (χ1) is 11.1. The summed E-state index contributed by atoms with van der Waals surface area (Å²) in [5, 5.41) is 2.42. The Labute approximate surface area is 132 Å². The molecule has 6 heteroatoms. The third-order valence-electron chi connectivity index (χ3n) is 2.83. The molecule has 2 rings (SSSR count). The Morgan fingerprint density at radius 1 is 1.26 bits per heavy atom. The molecule has 0 bridgehead atoms. The number of ether oxygens (including phenoxy) is 1. The predicted octanol–water partition coefficient (Wildman–Crippen LogP) is 2.48. The number of rotatable bonds is 4. The molecule has 0 unspecified atom stereocenters. The molecule has 1 amide bonds. The Hall–Kier alpha value is -2.94. The second-order valence-electron chi connectivity index (χ2n) is 4.58. The van der Waals surface area contributed by atoms with Crippen LogP contribution in [0, 0.1) is 30.4 Å². The van der Waals surface area contributed by atoms with Gasteiger partial charge in [0.1, 0.15) is 24.0 Å². The summed E-state index contributed by atoms with van der Waals surface area (Å²) in [5.74, 6) is 3.69. The zero-order valence-corrected chi connectivity index (χ0v) is 12.4. The van der Waals surface area contributed by atoms with Crippen molar-refractivity contribution in [1.29, 1.82) is 0 Å². The zero-order valence-electron chi connectivity index (χ0n) is 12.4. The lowest BCUT2D eigenvalue weighted by Gasteiger charge is -2.03. The van der Waals surface area contributed by atoms with Crippen molar-refractivity contribution in [3.63, 3.8) is 0 Å². The predicted molar refractivity (Wildman–Crippen MR) is 80.9 cm³/mol. The van der Waals surface area contributed by atoms with Crippen LogP contribution in [0.5, 0.6) is 5.75 Å². The molecular weight excluding hydrogens is 302 g/mol. The van der Waals surface area contributed by atoms with Crippen molar-refractivity contribution in [2.45, 2.75) is 6.92 Å². The Bertz CT molecular complexity index is 749. The van der Waals surface area contributed by atoms with Gasteiger partial charge in [-0.05, 0) is 31.2 Å². The summed E-state index contributed by atoms with van der Waals surface area (Å²) in [5.41, 5.74) is 0.661. The lowest BCUT2D eigenvalue weighted by Crippen LogP contribution is -2.24. The van der Waals surface area contributed by atoms with Crippen LogP contribution >= 0.6 is 0 Å². The minimum absolute atomic E-state index is 0.0329. The second kappa shape index (κ2) is 7.90. The molecule has 23 heavy (non-hydrogen) atoms. The topological polar surface area (TPSA) is 51.2 Å². The maximum Gasteiger partial charge on any atom is 0.255 e. The van der Waals surface area contributed by atoms with E-state index in [1.165, 1.54) is 0 Å². The fraction of sp³-hybridized carbons (Fsp3) is 0.176. The fourth-order valence-corrected chi connectivity index (χ4v) is 1.67. The number of hydrogen-bond acceptors (Lipinski definition) is 3. The van der Waals surface area contributed by atoms with Crippen molar-refractivity contribution in [3.8, 4) is 17.6 Å². The van der Waals surface area contributed by atoms with Crippen molar-refractivity contribution in [2.24, 2.45) is 0 Å². The molecule has 0 radical (unpaired) electrons. The lowest BCUT2D eigenvalue weighted by molar-refractivity contribution is 0.0954. The van der Waals surface area contributed by atoms with Crippen LogP contribution in [0.3, 0.4) is 0 Å². The fourth-order valence-electron chi connectivity index (χ4n) is 1.67. The maximum absolute atomic E-state index is 13.4. The molecule has 0 aliphatic carbocycles. The first kappa shape index (κ1) is 16.4. The maximum atomic E-state index is 13.4. The van der Waals surface area contributed by atoms with Crippen molar-refractivity contribution < 1.29 is 18.3 Å². The Morgan fingerprint density at radius 2 is 2.09 bits per heavy atom. The number of benzene rings is 1. The van der Waals surface area contributed by atoms with Gasteiger partial charge in [-0.2, -0.15) is 0 Å². The summed E-state index contributed by atoms with van der Waals surface area (Å²) in [6.45, 7) is 2.05. The molecule has 4 nitrogen and oxygen atoms in total. The molecule has 0 atom stereocenters. The Kier molecular flexibility index (Phi) is 5.64. The average molecular weight is 316 g/mol. The standard InChI is InChI=1S/C17H14F2N2O2/c1-12-4-6-14(11-21-12)23-9-3-2-8-20-17(22)15-7-5-13(18)10-16(15)19/h4-7,10-11H,8-9H2,1H3,(H,20,22). The number of aromatic nitrogens is 1. The van der Waals surface area contributed by atoms with E-state index in [1.54, 1.807) is 12.3 Å². The second-order valence-corrected chi connectivity index (χ2v) is 4.58. The van der Waals surface area contributed by atoms with Crippen LogP contribution < -0.4 is 10.1 Å². The van der Waals surface area contributed by atoms with Gasteiger partial charge in [-0.1, -0.05) is 11.8 Å². The molecule has 1 N–H and O–H groups in total. The SMILES string of the molecule is Cc1ccc(OCC#CCNC(=O)c2ccc(F)cc2F)cn1. The minimum atomic E-state index is -0.911. The van der Waals surface area contributed by atoms with E-state index in [0.29, 0.717) is 11.8 Å². The van der Waals surface area contributed by atoms with Gasteiger partial charge in [-0.25, -0.2) is 8.78 Å². The highest BCUT2D eigenvalue weighted by atomic mass is 19.1. The third kappa shape index (κ3) is 5.08. The number of nitrogens with one attached hydrogen (secondary N) is 1. The van der Waals surface area contributed by atoms with Crippen LogP contribution in [0.25, 0.3) is 0 Å². The Balaban J connectivity index is 1.76. The molecule has 1 aromatic heterocycles. The van der Waals surface area contributed by atoms with E-state index >= 15 is 0 Å². The van der Waals surface area contributed by atoms with E-state index < -0.39 is 17.5 Å². The largest absolute Gasteiger partial charge is 0.479 e. The monoisotopic (exact) mass is 316 g/mol. The molecule has 0 spiro atoms. The molecule has 0 saturated carbocycles. The molecule has 0 fully saturated rings. The van der Waals surface area contributed by atoms with Crippen molar-refractivity contribution in [3.05, 3.63) is 59.4 Å². The smallest absolute Gasteiger partial charge is 0.255 e. The summed E-state index contributed by atoms with van der Waals surface area (Å²) in [4.78, 5) is 15.8. The van der Waals surface area contributed by atoms with Crippen LogP contribution in [-0.4, -0.2) is 24.0 Å².